The minimum Gasteiger partial charge on any atom is -0.472 e. The van der Waals surface area contributed by atoms with Crippen molar-refractivity contribution >= 4 is 11.5 Å². The molecule has 0 amide bonds. The molecule has 1 aromatic rings. The molecule has 7 heteroatoms. The third-order valence-corrected chi connectivity index (χ3v) is 2.87. The topological polar surface area (TPSA) is 90.2 Å². The zero-order valence-corrected chi connectivity index (χ0v) is 12.0. The van der Waals surface area contributed by atoms with Gasteiger partial charge in [0, 0.05) is 12.5 Å². The normalized spacial score (nSPS) is 14.4. The standard InChI is InChI=1S/C13H20N4O3/c1-4-10-15-12(14-9-5-6-9)11(17(18)19)13(16-10)20-7-8(2)3/h8-9H,4-7H2,1-3H3,(H,14,15,16). The van der Waals surface area contributed by atoms with Crippen LogP contribution in [0.25, 0.3) is 0 Å². The maximum absolute atomic E-state index is 11.3. The predicted molar refractivity (Wildman–Crippen MR) is 75.0 cm³/mol. The molecule has 1 aromatic heterocycles. The first-order chi connectivity index (χ1) is 9.51. The Kier molecular flexibility index (Phi) is 4.36. The Hall–Kier alpha value is -1.92. The molecule has 7 nitrogen and oxygen atoms in total. The van der Waals surface area contributed by atoms with Gasteiger partial charge in [-0.15, -0.1) is 0 Å². The number of nitrogens with one attached hydrogen (secondary N) is 1. The van der Waals surface area contributed by atoms with Gasteiger partial charge in [0.15, 0.2) is 0 Å². The van der Waals surface area contributed by atoms with E-state index in [0.29, 0.717) is 18.9 Å². The number of aryl methyl sites for hydroxylation is 1. The van der Waals surface area contributed by atoms with Crippen molar-refractivity contribution in [3.05, 3.63) is 15.9 Å². The van der Waals surface area contributed by atoms with Gasteiger partial charge < -0.3 is 10.1 Å². The first kappa shape index (κ1) is 14.5. The number of hydrogen-bond acceptors (Lipinski definition) is 6. The molecule has 0 bridgehead atoms. The van der Waals surface area contributed by atoms with Gasteiger partial charge >= 0.3 is 5.69 Å². The van der Waals surface area contributed by atoms with Gasteiger partial charge in [-0.3, -0.25) is 10.1 Å². The van der Waals surface area contributed by atoms with Crippen LogP contribution in [0, 0.1) is 16.0 Å². The van der Waals surface area contributed by atoms with Crippen LogP contribution in [0.15, 0.2) is 0 Å². The van der Waals surface area contributed by atoms with Gasteiger partial charge in [-0.1, -0.05) is 20.8 Å². The van der Waals surface area contributed by atoms with Crippen LogP contribution < -0.4 is 10.1 Å². The molecule has 2 rings (SSSR count). The Labute approximate surface area is 117 Å². The lowest BCUT2D eigenvalue weighted by Crippen LogP contribution is -2.13. The fraction of sp³-hybridized carbons (Fsp3) is 0.692. The summed E-state index contributed by atoms with van der Waals surface area (Å²) in [5, 5.41) is 14.4. The van der Waals surface area contributed by atoms with Crippen molar-refractivity contribution in [1.29, 1.82) is 0 Å². The molecule has 1 saturated carbocycles. The molecular formula is C13H20N4O3. The van der Waals surface area contributed by atoms with E-state index >= 15 is 0 Å². The average molecular weight is 280 g/mol. The second kappa shape index (κ2) is 6.02. The lowest BCUT2D eigenvalue weighted by molar-refractivity contribution is -0.385. The Morgan fingerprint density at radius 1 is 1.45 bits per heavy atom. The number of rotatable bonds is 7. The van der Waals surface area contributed by atoms with E-state index in [1.54, 1.807) is 0 Å². The molecule has 0 aromatic carbocycles. The van der Waals surface area contributed by atoms with Crippen molar-refractivity contribution in [3.63, 3.8) is 0 Å². The highest BCUT2D eigenvalue weighted by molar-refractivity contribution is 5.62. The van der Waals surface area contributed by atoms with Crippen LogP contribution in [0.4, 0.5) is 11.5 Å². The number of nitro groups is 1. The first-order valence-corrected chi connectivity index (χ1v) is 6.95. The summed E-state index contributed by atoms with van der Waals surface area (Å²) in [4.78, 5) is 19.2. The van der Waals surface area contributed by atoms with Gasteiger partial charge in [0.05, 0.1) is 11.5 Å². The molecule has 1 aliphatic carbocycles. The van der Waals surface area contributed by atoms with Crippen molar-refractivity contribution in [1.82, 2.24) is 9.97 Å². The van der Waals surface area contributed by atoms with Crippen molar-refractivity contribution in [3.8, 4) is 5.88 Å². The second-order valence-electron chi connectivity index (χ2n) is 5.38. The van der Waals surface area contributed by atoms with Crippen LogP contribution in [0.5, 0.6) is 5.88 Å². The molecule has 0 unspecified atom stereocenters. The molecule has 1 heterocycles. The van der Waals surface area contributed by atoms with Crippen molar-refractivity contribution in [2.24, 2.45) is 5.92 Å². The highest BCUT2D eigenvalue weighted by atomic mass is 16.6. The van der Waals surface area contributed by atoms with Crippen LogP contribution in [-0.4, -0.2) is 27.5 Å². The summed E-state index contributed by atoms with van der Waals surface area (Å²) in [5.74, 6) is 1.17. The lowest BCUT2D eigenvalue weighted by atomic mass is 10.2. The van der Waals surface area contributed by atoms with E-state index in [9.17, 15) is 10.1 Å². The summed E-state index contributed by atoms with van der Waals surface area (Å²) in [6.45, 7) is 6.27. The number of aromatic nitrogens is 2. The minimum atomic E-state index is -0.472. The number of ether oxygens (including phenoxy) is 1. The van der Waals surface area contributed by atoms with Crippen molar-refractivity contribution in [2.75, 3.05) is 11.9 Å². The highest BCUT2D eigenvalue weighted by Gasteiger charge is 2.30. The molecule has 20 heavy (non-hydrogen) atoms. The fourth-order valence-corrected chi connectivity index (χ4v) is 1.67. The number of hydrogen-bond donors (Lipinski definition) is 1. The molecule has 0 saturated heterocycles. The van der Waals surface area contributed by atoms with E-state index in [1.165, 1.54) is 0 Å². The molecule has 0 atom stereocenters. The molecule has 0 radical (unpaired) electrons. The quantitative estimate of drug-likeness (QED) is 0.609. The summed E-state index contributed by atoms with van der Waals surface area (Å²) in [6, 6.07) is 0.284. The van der Waals surface area contributed by atoms with Crippen LogP contribution in [0.3, 0.4) is 0 Å². The lowest BCUT2D eigenvalue weighted by Gasteiger charge is -2.12. The molecule has 1 fully saturated rings. The number of nitrogens with zero attached hydrogens (tertiary/aromatic N) is 3. The monoisotopic (exact) mass is 280 g/mol. The van der Waals surface area contributed by atoms with Crippen LogP contribution in [-0.2, 0) is 6.42 Å². The van der Waals surface area contributed by atoms with Crippen LogP contribution >= 0.6 is 0 Å². The maximum atomic E-state index is 11.3. The van der Waals surface area contributed by atoms with E-state index in [0.717, 1.165) is 12.8 Å². The third-order valence-electron chi connectivity index (χ3n) is 2.87. The van der Waals surface area contributed by atoms with Gasteiger partial charge in [0.1, 0.15) is 5.82 Å². The summed E-state index contributed by atoms with van der Waals surface area (Å²) < 4.78 is 5.51. The summed E-state index contributed by atoms with van der Waals surface area (Å²) in [5.41, 5.74) is -0.158. The minimum absolute atomic E-state index is 0.0682. The SMILES string of the molecule is CCc1nc(NC2CC2)c([N+](=O)[O-])c(OCC(C)C)n1. The fourth-order valence-electron chi connectivity index (χ4n) is 1.67. The van der Waals surface area contributed by atoms with Gasteiger partial charge in [0.25, 0.3) is 5.88 Å². The first-order valence-electron chi connectivity index (χ1n) is 6.95. The van der Waals surface area contributed by atoms with E-state index < -0.39 is 4.92 Å². The molecule has 1 aliphatic rings. The zero-order chi connectivity index (χ0) is 14.7. The summed E-state index contributed by atoms with van der Waals surface area (Å²) in [6.07, 6.45) is 2.64. The largest absolute Gasteiger partial charge is 0.472 e. The van der Waals surface area contributed by atoms with Gasteiger partial charge in [0.2, 0.25) is 5.82 Å². The maximum Gasteiger partial charge on any atom is 0.372 e. The summed E-state index contributed by atoms with van der Waals surface area (Å²) in [7, 11) is 0. The average Bonchev–Trinajstić information content (AvgIpc) is 3.19. The summed E-state index contributed by atoms with van der Waals surface area (Å²) >= 11 is 0. The molecule has 1 N–H and O–H groups in total. The zero-order valence-electron chi connectivity index (χ0n) is 12.0. The molecular weight excluding hydrogens is 260 g/mol. The van der Waals surface area contributed by atoms with E-state index in [-0.39, 0.29) is 29.3 Å². The smallest absolute Gasteiger partial charge is 0.372 e. The Morgan fingerprint density at radius 3 is 2.65 bits per heavy atom. The Bertz CT molecular complexity index is 501. The van der Waals surface area contributed by atoms with Crippen LogP contribution in [0.2, 0.25) is 0 Å². The van der Waals surface area contributed by atoms with Gasteiger partial charge in [-0.25, -0.2) is 4.98 Å². The van der Waals surface area contributed by atoms with Crippen molar-refractivity contribution < 1.29 is 9.66 Å². The Balaban J connectivity index is 2.36. The molecule has 0 spiro atoms. The predicted octanol–water partition coefficient (Wildman–Crippen LogP) is 2.56. The van der Waals surface area contributed by atoms with E-state index in [4.69, 9.17) is 4.74 Å². The highest BCUT2D eigenvalue weighted by Crippen LogP contribution is 2.35. The van der Waals surface area contributed by atoms with E-state index in [1.807, 2.05) is 20.8 Å². The van der Waals surface area contributed by atoms with Gasteiger partial charge in [-0.2, -0.15) is 4.98 Å². The Morgan fingerprint density at radius 2 is 2.15 bits per heavy atom. The van der Waals surface area contributed by atoms with E-state index in [2.05, 4.69) is 15.3 Å². The molecule has 110 valence electrons. The van der Waals surface area contributed by atoms with Gasteiger partial charge in [-0.05, 0) is 18.8 Å². The second-order valence-corrected chi connectivity index (χ2v) is 5.38. The van der Waals surface area contributed by atoms with Crippen LogP contribution in [0.1, 0.15) is 39.4 Å². The number of anilines is 1. The third kappa shape index (κ3) is 3.55. The van der Waals surface area contributed by atoms with Crippen molar-refractivity contribution in [2.45, 2.75) is 46.1 Å². The molecule has 0 aliphatic heterocycles.